The predicted molar refractivity (Wildman–Crippen MR) is 37.0 cm³/mol. The SMILES string of the molecule is CC=COC(C)OCC. The van der Waals surface area contributed by atoms with Crippen molar-refractivity contribution in [2.45, 2.75) is 27.1 Å². The summed E-state index contributed by atoms with van der Waals surface area (Å²) in [4.78, 5) is 0. The van der Waals surface area contributed by atoms with Crippen LogP contribution in [0.4, 0.5) is 0 Å². The summed E-state index contributed by atoms with van der Waals surface area (Å²) in [6.45, 7) is 6.40. The van der Waals surface area contributed by atoms with Gasteiger partial charge in [0.05, 0.1) is 6.26 Å². The lowest BCUT2D eigenvalue weighted by Gasteiger charge is -2.09. The van der Waals surface area contributed by atoms with Crippen molar-refractivity contribution in [3.8, 4) is 0 Å². The van der Waals surface area contributed by atoms with Crippen LogP contribution in [0.15, 0.2) is 12.3 Å². The lowest BCUT2D eigenvalue weighted by molar-refractivity contribution is -0.0882. The molecule has 0 bridgehead atoms. The largest absolute Gasteiger partial charge is 0.473 e. The van der Waals surface area contributed by atoms with E-state index in [4.69, 9.17) is 9.47 Å². The highest BCUT2D eigenvalue weighted by Gasteiger charge is 1.94. The van der Waals surface area contributed by atoms with Crippen molar-refractivity contribution in [3.63, 3.8) is 0 Å². The van der Waals surface area contributed by atoms with Crippen LogP contribution in [-0.2, 0) is 9.47 Å². The van der Waals surface area contributed by atoms with Crippen LogP contribution in [-0.4, -0.2) is 12.9 Å². The monoisotopic (exact) mass is 130 g/mol. The van der Waals surface area contributed by atoms with Crippen LogP contribution >= 0.6 is 0 Å². The van der Waals surface area contributed by atoms with Crippen LogP contribution in [0, 0.1) is 0 Å². The first-order valence-electron chi connectivity index (χ1n) is 3.19. The summed E-state index contributed by atoms with van der Waals surface area (Å²) in [6, 6.07) is 0. The van der Waals surface area contributed by atoms with Gasteiger partial charge >= 0.3 is 0 Å². The molecule has 0 aromatic rings. The number of allylic oxidation sites excluding steroid dienone is 1. The molecule has 0 heterocycles. The van der Waals surface area contributed by atoms with Crippen molar-refractivity contribution in [1.29, 1.82) is 0 Å². The Morgan fingerprint density at radius 2 is 2.22 bits per heavy atom. The van der Waals surface area contributed by atoms with Gasteiger partial charge in [-0.1, -0.05) is 6.08 Å². The highest BCUT2D eigenvalue weighted by atomic mass is 16.7. The van der Waals surface area contributed by atoms with Gasteiger partial charge in [-0.05, 0) is 20.8 Å². The van der Waals surface area contributed by atoms with Gasteiger partial charge < -0.3 is 9.47 Å². The van der Waals surface area contributed by atoms with Gasteiger partial charge in [0.2, 0.25) is 0 Å². The molecule has 0 aliphatic heterocycles. The quantitative estimate of drug-likeness (QED) is 0.427. The average Bonchev–Trinajstić information content (AvgIpc) is 1.85. The summed E-state index contributed by atoms with van der Waals surface area (Å²) in [5.74, 6) is 0. The van der Waals surface area contributed by atoms with E-state index in [1.165, 1.54) is 0 Å². The van der Waals surface area contributed by atoms with Crippen molar-refractivity contribution in [2.75, 3.05) is 6.61 Å². The maximum atomic E-state index is 5.07. The van der Waals surface area contributed by atoms with Crippen LogP contribution in [0.1, 0.15) is 20.8 Å². The summed E-state index contributed by atoms with van der Waals surface area (Å²) in [7, 11) is 0. The first-order valence-corrected chi connectivity index (χ1v) is 3.19. The predicted octanol–water partition coefficient (Wildman–Crippen LogP) is 1.92. The molecule has 0 aliphatic rings. The summed E-state index contributed by atoms with van der Waals surface area (Å²) >= 11 is 0. The molecule has 0 N–H and O–H groups in total. The zero-order valence-corrected chi connectivity index (χ0v) is 6.26. The van der Waals surface area contributed by atoms with Crippen LogP contribution in [0.3, 0.4) is 0 Å². The van der Waals surface area contributed by atoms with Gasteiger partial charge in [-0.15, -0.1) is 0 Å². The minimum absolute atomic E-state index is 0.119. The van der Waals surface area contributed by atoms with Gasteiger partial charge in [0.15, 0.2) is 6.29 Å². The third-order valence-electron chi connectivity index (χ3n) is 0.808. The van der Waals surface area contributed by atoms with Gasteiger partial charge in [0, 0.05) is 6.61 Å². The molecule has 0 amide bonds. The molecule has 9 heavy (non-hydrogen) atoms. The Morgan fingerprint density at radius 3 is 2.67 bits per heavy atom. The highest BCUT2D eigenvalue weighted by molar-refractivity contribution is 4.65. The first kappa shape index (κ1) is 8.50. The smallest absolute Gasteiger partial charge is 0.196 e. The minimum Gasteiger partial charge on any atom is -0.473 e. The van der Waals surface area contributed by atoms with Crippen molar-refractivity contribution in [2.24, 2.45) is 0 Å². The van der Waals surface area contributed by atoms with E-state index in [0.29, 0.717) is 6.61 Å². The lowest BCUT2D eigenvalue weighted by Crippen LogP contribution is -2.08. The van der Waals surface area contributed by atoms with E-state index in [2.05, 4.69) is 0 Å². The van der Waals surface area contributed by atoms with Crippen LogP contribution < -0.4 is 0 Å². The maximum absolute atomic E-state index is 5.07. The molecule has 0 fully saturated rings. The Hall–Kier alpha value is -0.500. The maximum Gasteiger partial charge on any atom is 0.196 e. The van der Waals surface area contributed by atoms with Gasteiger partial charge in [-0.25, -0.2) is 0 Å². The highest BCUT2D eigenvalue weighted by Crippen LogP contribution is 1.92. The Labute approximate surface area is 56.5 Å². The number of hydrogen-bond acceptors (Lipinski definition) is 2. The normalized spacial score (nSPS) is 14.1. The van der Waals surface area contributed by atoms with Crippen molar-refractivity contribution in [3.05, 3.63) is 12.3 Å². The van der Waals surface area contributed by atoms with E-state index in [1.54, 1.807) is 6.26 Å². The molecular weight excluding hydrogens is 116 g/mol. The topological polar surface area (TPSA) is 18.5 Å². The molecule has 2 nitrogen and oxygen atoms in total. The summed E-state index contributed by atoms with van der Waals surface area (Å²) in [5.41, 5.74) is 0. The van der Waals surface area contributed by atoms with Gasteiger partial charge in [0.1, 0.15) is 0 Å². The second-order valence-electron chi connectivity index (χ2n) is 1.63. The molecule has 0 aliphatic carbocycles. The standard InChI is InChI=1S/C7H14O2/c1-4-6-9-7(3)8-5-2/h4,6-7H,5H2,1-3H3. The molecule has 0 radical (unpaired) electrons. The fourth-order valence-electron chi connectivity index (χ4n) is 0.463. The second kappa shape index (κ2) is 5.63. The summed E-state index contributed by atoms with van der Waals surface area (Å²) in [5, 5.41) is 0. The van der Waals surface area contributed by atoms with E-state index in [-0.39, 0.29) is 6.29 Å². The third kappa shape index (κ3) is 5.37. The lowest BCUT2D eigenvalue weighted by atomic mass is 10.7. The fourth-order valence-corrected chi connectivity index (χ4v) is 0.463. The third-order valence-corrected chi connectivity index (χ3v) is 0.808. The molecule has 0 spiro atoms. The molecule has 1 atom stereocenters. The average molecular weight is 130 g/mol. The zero-order chi connectivity index (χ0) is 7.11. The van der Waals surface area contributed by atoms with E-state index in [1.807, 2.05) is 26.8 Å². The second-order valence-corrected chi connectivity index (χ2v) is 1.63. The fraction of sp³-hybridized carbons (Fsp3) is 0.714. The molecule has 0 rings (SSSR count). The van der Waals surface area contributed by atoms with E-state index in [0.717, 1.165) is 0 Å². The molecule has 0 aromatic carbocycles. The minimum atomic E-state index is -0.119. The van der Waals surface area contributed by atoms with Crippen LogP contribution in [0.25, 0.3) is 0 Å². The number of rotatable bonds is 4. The molecule has 2 heteroatoms. The molecule has 0 saturated heterocycles. The van der Waals surface area contributed by atoms with Gasteiger partial charge in [0.25, 0.3) is 0 Å². The van der Waals surface area contributed by atoms with E-state index < -0.39 is 0 Å². The summed E-state index contributed by atoms with van der Waals surface area (Å²) < 4.78 is 10.1. The summed E-state index contributed by atoms with van der Waals surface area (Å²) in [6.07, 6.45) is 3.33. The van der Waals surface area contributed by atoms with Gasteiger partial charge in [-0.2, -0.15) is 0 Å². The molecule has 54 valence electrons. The first-order chi connectivity index (χ1) is 4.31. The van der Waals surface area contributed by atoms with Gasteiger partial charge in [-0.3, -0.25) is 0 Å². The Kier molecular flexibility index (Phi) is 5.32. The van der Waals surface area contributed by atoms with Crippen molar-refractivity contribution in [1.82, 2.24) is 0 Å². The van der Waals surface area contributed by atoms with Crippen LogP contribution in [0.2, 0.25) is 0 Å². The van der Waals surface area contributed by atoms with E-state index >= 15 is 0 Å². The van der Waals surface area contributed by atoms with Crippen molar-refractivity contribution >= 4 is 0 Å². The Bertz CT molecular complexity index is 79.0. The molecule has 1 unspecified atom stereocenters. The Morgan fingerprint density at radius 1 is 1.56 bits per heavy atom. The molecule has 0 saturated carbocycles. The molecule has 0 aromatic heterocycles. The van der Waals surface area contributed by atoms with Crippen molar-refractivity contribution < 1.29 is 9.47 Å². The van der Waals surface area contributed by atoms with E-state index in [9.17, 15) is 0 Å². The number of ether oxygens (including phenoxy) is 2. The van der Waals surface area contributed by atoms with Crippen LogP contribution in [0.5, 0.6) is 0 Å². The zero-order valence-electron chi connectivity index (χ0n) is 6.26. The Balaban J connectivity index is 3.15. The molecular formula is C7H14O2. The number of hydrogen-bond donors (Lipinski definition) is 0.